The van der Waals surface area contributed by atoms with Crippen molar-refractivity contribution in [3.05, 3.63) is 36.7 Å². The molecule has 0 unspecified atom stereocenters. The molecule has 2 aromatic heterocycles. The fraction of sp³-hybridized carbons (Fsp3) is 0.471. The Bertz CT molecular complexity index is 671. The maximum Gasteiger partial charge on any atom is 0.323 e. The number of nitrogens with zero attached hydrogens (tertiary/aromatic N) is 4. The van der Waals surface area contributed by atoms with Crippen LogP contribution in [0.25, 0.3) is 5.82 Å². The average Bonchev–Trinajstić information content (AvgIpc) is 3.35. The van der Waals surface area contributed by atoms with Gasteiger partial charge in [0.25, 0.3) is 0 Å². The van der Waals surface area contributed by atoms with E-state index in [-0.39, 0.29) is 6.03 Å². The lowest BCUT2D eigenvalue weighted by atomic mass is 9.92. The van der Waals surface area contributed by atoms with Crippen LogP contribution in [0.1, 0.15) is 25.7 Å². The largest absolute Gasteiger partial charge is 0.324 e. The second-order valence-corrected chi connectivity index (χ2v) is 6.41. The molecule has 6 heteroatoms. The molecular formula is C17H21N5O. The molecule has 23 heavy (non-hydrogen) atoms. The van der Waals surface area contributed by atoms with E-state index in [1.807, 2.05) is 23.1 Å². The predicted molar refractivity (Wildman–Crippen MR) is 87.4 cm³/mol. The van der Waals surface area contributed by atoms with Gasteiger partial charge in [-0.3, -0.25) is 5.32 Å². The number of amides is 2. The Labute approximate surface area is 135 Å². The van der Waals surface area contributed by atoms with E-state index in [1.165, 1.54) is 12.8 Å². The minimum Gasteiger partial charge on any atom is -0.324 e. The fourth-order valence-corrected chi connectivity index (χ4v) is 3.39. The van der Waals surface area contributed by atoms with Crippen LogP contribution in [0.5, 0.6) is 0 Å². The summed E-state index contributed by atoms with van der Waals surface area (Å²) in [6, 6.07) is 7.37. The molecule has 1 aliphatic carbocycles. The van der Waals surface area contributed by atoms with Gasteiger partial charge in [-0.05, 0) is 49.7 Å². The molecule has 1 aliphatic heterocycles. The molecule has 2 fully saturated rings. The van der Waals surface area contributed by atoms with Gasteiger partial charge in [-0.1, -0.05) is 6.07 Å². The van der Waals surface area contributed by atoms with Crippen LogP contribution in [-0.2, 0) is 0 Å². The first-order valence-electron chi connectivity index (χ1n) is 8.32. The number of nitrogens with one attached hydrogen (secondary N) is 1. The number of piperidine rings is 1. The van der Waals surface area contributed by atoms with Crippen LogP contribution < -0.4 is 5.32 Å². The van der Waals surface area contributed by atoms with Gasteiger partial charge in [-0.2, -0.15) is 9.78 Å². The maximum absolute atomic E-state index is 12.5. The number of carbonyl (C=O) groups is 1. The molecule has 6 nitrogen and oxygen atoms in total. The van der Waals surface area contributed by atoms with Crippen LogP contribution in [0.3, 0.4) is 0 Å². The number of aromatic nitrogens is 3. The van der Waals surface area contributed by atoms with Crippen LogP contribution in [0.2, 0.25) is 0 Å². The summed E-state index contributed by atoms with van der Waals surface area (Å²) >= 11 is 0. The van der Waals surface area contributed by atoms with Gasteiger partial charge < -0.3 is 4.90 Å². The number of rotatable bonds is 3. The van der Waals surface area contributed by atoms with Gasteiger partial charge in [0.15, 0.2) is 5.82 Å². The molecule has 0 radical (unpaired) electrons. The molecule has 2 amide bonds. The third-order valence-electron chi connectivity index (χ3n) is 4.86. The molecule has 120 valence electrons. The molecule has 0 aromatic carbocycles. The Kier molecular flexibility index (Phi) is 3.73. The summed E-state index contributed by atoms with van der Waals surface area (Å²) in [5.74, 6) is 3.11. The zero-order valence-electron chi connectivity index (χ0n) is 13.1. The summed E-state index contributed by atoms with van der Waals surface area (Å²) in [6.45, 7) is 1.70. The minimum absolute atomic E-state index is 0.0445. The quantitative estimate of drug-likeness (QED) is 0.948. The lowest BCUT2D eigenvalue weighted by molar-refractivity contribution is 0.176. The van der Waals surface area contributed by atoms with Crippen molar-refractivity contribution in [2.75, 3.05) is 18.4 Å². The molecule has 2 aliphatic rings. The Morgan fingerprint density at radius 2 is 1.83 bits per heavy atom. The molecule has 0 bridgehead atoms. The zero-order chi connectivity index (χ0) is 15.6. The van der Waals surface area contributed by atoms with Crippen molar-refractivity contribution in [1.82, 2.24) is 19.7 Å². The summed E-state index contributed by atoms with van der Waals surface area (Å²) < 4.78 is 1.65. The minimum atomic E-state index is -0.0445. The SMILES string of the molecule is O=C(Nc1ccnn1-c1ccccn1)N1CCC(C2CC2)CC1. The Hall–Kier alpha value is -2.37. The van der Waals surface area contributed by atoms with Crippen molar-refractivity contribution in [3.63, 3.8) is 0 Å². The normalized spacial score (nSPS) is 18.9. The van der Waals surface area contributed by atoms with Crippen molar-refractivity contribution in [3.8, 4) is 5.82 Å². The highest BCUT2D eigenvalue weighted by Gasteiger charge is 2.34. The van der Waals surface area contributed by atoms with Gasteiger partial charge in [-0.25, -0.2) is 9.78 Å². The van der Waals surface area contributed by atoms with Crippen LogP contribution in [-0.4, -0.2) is 38.8 Å². The van der Waals surface area contributed by atoms with Gasteiger partial charge in [0, 0.05) is 25.4 Å². The van der Waals surface area contributed by atoms with E-state index in [4.69, 9.17) is 0 Å². The number of hydrogen-bond donors (Lipinski definition) is 1. The van der Waals surface area contributed by atoms with E-state index in [0.29, 0.717) is 11.6 Å². The Morgan fingerprint density at radius 1 is 1.04 bits per heavy atom. The Morgan fingerprint density at radius 3 is 2.52 bits per heavy atom. The Balaban J connectivity index is 1.41. The molecule has 0 spiro atoms. The molecule has 0 atom stereocenters. The molecule has 1 saturated heterocycles. The third-order valence-corrected chi connectivity index (χ3v) is 4.86. The monoisotopic (exact) mass is 311 g/mol. The fourth-order valence-electron chi connectivity index (χ4n) is 3.39. The highest BCUT2D eigenvalue weighted by Crippen LogP contribution is 2.41. The average molecular weight is 311 g/mol. The predicted octanol–water partition coefficient (Wildman–Crippen LogP) is 2.92. The maximum atomic E-state index is 12.5. The first kappa shape index (κ1) is 14.2. The van der Waals surface area contributed by atoms with E-state index >= 15 is 0 Å². The van der Waals surface area contributed by atoms with Crippen molar-refractivity contribution in [2.24, 2.45) is 11.8 Å². The second kappa shape index (κ2) is 6.02. The van der Waals surface area contributed by atoms with Crippen molar-refractivity contribution in [2.45, 2.75) is 25.7 Å². The smallest absolute Gasteiger partial charge is 0.323 e. The highest BCUT2D eigenvalue weighted by atomic mass is 16.2. The standard InChI is InChI=1S/C17H21N5O/c23-17(21-11-7-14(8-12-21)13-4-5-13)20-16-6-10-19-22(16)15-3-1-2-9-18-15/h1-3,6,9-10,13-14H,4-5,7-8,11-12H2,(H,20,23). The van der Waals surface area contributed by atoms with E-state index < -0.39 is 0 Å². The molecule has 4 rings (SSSR count). The van der Waals surface area contributed by atoms with E-state index in [2.05, 4.69) is 15.4 Å². The van der Waals surface area contributed by atoms with E-state index in [1.54, 1.807) is 23.1 Å². The summed E-state index contributed by atoms with van der Waals surface area (Å²) in [7, 11) is 0. The number of likely N-dealkylation sites (tertiary alicyclic amines) is 1. The van der Waals surface area contributed by atoms with Crippen LogP contribution in [0.15, 0.2) is 36.7 Å². The highest BCUT2D eigenvalue weighted by molar-refractivity contribution is 5.88. The first-order valence-corrected chi connectivity index (χ1v) is 8.32. The topological polar surface area (TPSA) is 63.1 Å². The molecule has 1 N–H and O–H groups in total. The molecular weight excluding hydrogens is 290 g/mol. The zero-order valence-corrected chi connectivity index (χ0v) is 13.1. The van der Waals surface area contributed by atoms with Gasteiger partial charge in [0.1, 0.15) is 5.82 Å². The van der Waals surface area contributed by atoms with Crippen LogP contribution >= 0.6 is 0 Å². The number of hydrogen-bond acceptors (Lipinski definition) is 3. The van der Waals surface area contributed by atoms with Crippen LogP contribution in [0.4, 0.5) is 10.6 Å². The number of pyridine rings is 1. The van der Waals surface area contributed by atoms with Gasteiger partial charge in [-0.15, -0.1) is 0 Å². The first-order chi connectivity index (χ1) is 11.3. The van der Waals surface area contributed by atoms with Gasteiger partial charge in [0.05, 0.1) is 6.20 Å². The van der Waals surface area contributed by atoms with Crippen molar-refractivity contribution < 1.29 is 4.79 Å². The van der Waals surface area contributed by atoms with Crippen molar-refractivity contribution >= 4 is 11.8 Å². The number of carbonyl (C=O) groups excluding carboxylic acids is 1. The lowest BCUT2D eigenvalue weighted by Gasteiger charge is -2.32. The summed E-state index contributed by atoms with van der Waals surface area (Å²) in [6.07, 6.45) is 8.43. The molecule has 1 saturated carbocycles. The molecule has 3 heterocycles. The molecule has 2 aromatic rings. The number of urea groups is 1. The second-order valence-electron chi connectivity index (χ2n) is 6.41. The van der Waals surface area contributed by atoms with Gasteiger partial charge in [0.2, 0.25) is 0 Å². The van der Waals surface area contributed by atoms with Gasteiger partial charge >= 0.3 is 6.03 Å². The lowest BCUT2D eigenvalue weighted by Crippen LogP contribution is -2.41. The number of anilines is 1. The van der Waals surface area contributed by atoms with Crippen LogP contribution in [0, 0.1) is 11.8 Å². The van der Waals surface area contributed by atoms with Crippen molar-refractivity contribution in [1.29, 1.82) is 0 Å². The summed E-state index contributed by atoms with van der Waals surface area (Å²) in [5, 5.41) is 7.21. The van der Waals surface area contributed by atoms with E-state index in [9.17, 15) is 4.79 Å². The summed E-state index contributed by atoms with van der Waals surface area (Å²) in [4.78, 5) is 18.7. The summed E-state index contributed by atoms with van der Waals surface area (Å²) in [5.41, 5.74) is 0. The van der Waals surface area contributed by atoms with E-state index in [0.717, 1.165) is 37.8 Å². The third kappa shape index (κ3) is 3.06.